The van der Waals surface area contributed by atoms with Crippen LogP contribution < -0.4 is 15.4 Å². The topological polar surface area (TPSA) is 104 Å². The van der Waals surface area contributed by atoms with Crippen LogP contribution in [0.2, 0.25) is 0 Å². The number of amides is 2. The highest BCUT2D eigenvalue weighted by molar-refractivity contribution is 7.89. The fourth-order valence-electron chi connectivity index (χ4n) is 2.53. The lowest BCUT2D eigenvalue weighted by molar-refractivity contribution is -0.117. The number of sulfonamides is 1. The van der Waals surface area contributed by atoms with Crippen molar-refractivity contribution in [1.82, 2.24) is 10.0 Å². The van der Waals surface area contributed by atoms with Crippen molar-refractivity contribution in [1.29, 1.82) is 0 Å². The minimum atomic E-state index is -4.17. The summed E-state index contributed by atoms with van der Waals surface area (Å²) < 4.78 is 52.7. The average Bonchev–Trinajstić information content (AvgIpc) is 3.50. The molecule has 1 saturated carbocycles. The number of hydrogen-bond acceptors (Lipinski definition) is 4. The van der Waals surface area contributed by atoms with Crippen LogP contribution in [0, 0.1) is 17.6 Å². The van der Waals surface area contributed by atoms with Gasteiger partial charge in [-0.1, -0.05) is 0 Å². The Kier molecular flexibility index (Phi) is 6.23. The van der Waals surface area contributed by atoms with Crippen LogP contribution in [-0.4, -0.2) is 33.3 Å². The van der Waals surface area contributed by atoms with Crippen molar-refractivity contribution in [3.8, 4) is 0 Å². The van der Waals surface area contributed by atoms with Gasteiger partial charge < -0.3 is 10.6 Å². The molecular formula is C19H19F2N3O4S. The van der Waals surface area contributed by atoms with E-state index in [1.807, 2.05) is 0 Å². The Hall–Kier alpha value is -2.85. The number of hydrogen-bond donors (Lipinski definition) is 3. The maximum atomic E-state index is 13.6. The average molecular weight is 423 g/mol. The molecular weight excluding hydrogens is 404 g/mol. The molecule has 0 aliphatic heterocycles. The molecule has 2 aromatic rings. The molecule has 0 aromatic heterocycles. The van der Waals surface area contributed by atoms with E-state index in [9.17, 15) is 26.8 Å². The first-order chi connectivity index (χ1) is 13.8. The van der Waals surface area contributed by atoms with Crippen LogP contribution in [0.3, 0.4) is 0 Å². The molecule has 1 fully saturated rings. The first kappa shape index (κ1) is 20.9. The van der Waals surface area contributed by atoms with Crippen molar-refractivity contribution in [2.75, 3.05) is 18.4 Å². The molecule has 29 heavy (non-hydrogen) atoms. The van der Waals surface area contributed by atoms with Gasteiger partial charge >= 0.3 is 0 Å². The van der Waals surface area contributed by atoms with E-state index in [2.05, 4.69) is 15.4 Å². The summed E-state index contributed by atoms with van der Waals surface area (Å²) in [5, 5.41) is 5.29. The Morgan fingerprint density at radius 1 is 1.00 bits per heavy atom. The third-order valence-electron chi connectivity index (χ3n) is 4.25. The molecule has 1 aliphatic carbocycles. The predicted molar refractivity (Wildman–Crippen MR) is 102 cm³/mol. The van der Waals surface area contributed by atoms with Crippen LogP contribution in [0.5, 0.6) is 0 Å². The number of anilines is 1. The van der Waals surface area contributed by atoms with Gasteiger partial charge in [0.05, 0.1) is 0 Å². The van der Waals surface area contributed by atoms with Gasteiger partial charge in [-0.15, -0.1) is 0 Å². The quantitative estimate of drug-likeness (QED) is 0.565. The normalized spacial score (nSPS) is 13.7. The fourth-order valence-corrected chi connectivity index (χ4v) is 3.62. The van der Waals surface area contributed by atoms with E-state index < -0.39 is 32.5 Å². The summed E-state index contributed by atoms with van der Waals surface area (Å²) in [5.74, 6) is -2.48. The van der Waals surface area contributed by atoms with E-state index in [0.29, 0.717) is 17.3 Å². The lowest BCUT2D eigenvalue weighted by atomic mass is 10.2. The van der Waals surface area contributed by atoms with Crippen LogP contribution in [0.25, 0.3) is 0 Å². The smallest absolute Gasteiger partial charge is 0.251 e. The largest absolute Gasteiger partial charge is 0.351 e. The lowest BCUT2D eigenvalue weighted by Crippen LogP contribution is -2.35. The molecule has 3 rings (SSSR count). The van der Waals surface area contributed by atoms with Crippen LogP contribution >= 0.6 is 0 Å². The fraction of sp³-hybridized carbons (Fsp3) is 0.263. The Morgan fingerprint density at radius 2 is 1.69 bits per heavy atom. The Balaban J connectivity index is 1.47. The second-order valence-corrected chi connectivity index (χ2v) is 8.30. The highest BCUT2D eigenvalue weighted by Gasteiger charge is 2.29. The molecule has 3 N–H and O–H groups in total. The third kappa shape index (κ3) is 5.58. The van der Waals surface area contributed by atoms with Crippen molar-refractivity contribution in [3.63, 3.8) is 0 Å². The van der Waals surface area contributed by atoms with Gasteiger partial charge in [0.2, 0.25) is 15.9 Å². The maximum Gasteiger partial charge on any atom is 0.251 e. The standard InChI is InChI=1S/C19H19F2N3O4S/c20-14-5-8-17(16(21)11-14)29(27,28)23-10-9-22-18(25)12-3-6-15(7-4-12)24-19(26)13-1-2-13/h3-8,11,13,23H,1-2,9-10H2,(H,22,25)(H,24,26). The Labute approximate surface area is 166 Å². The first-order valence-corrected chi connectivity index (χ1v) is 10.4. The van der Waals surface area contributed by atoms with Crippen molar-refractivity contribution < 1.29 is 26.8 Å². The number of carbonyl (C=O) groups is 2. The van der Waals surface area contributed by atoms with E-state index in [1.54, 1.807) is 12.1 Å². The molecule has 0 atom stereocenters. The second-order valence-electron chi connectivity index (χ2n) is 6.57. The van der Waals surface area contributed by atoms with Crippen molar-refractivity contribution in [2.24, 2.45) is 5.92 Å². The highest BCUT2D eigenvalue weighted by atomic mass is 32.2. The summed E-state index contributed by atoms with van der Waals surface area (Å²) in [5.41, 5.74) is 0.925. The van der Waals surface area contributed by atoms with E-state index in [-0.39, 0.29) is 24.9 Å². The first-order valence-electron chi connectivity index (χ1n) is 8.90. The zero-order valence-electron chi connectivity index (χ0n) is 15.2. The molecule has 1 aliphatic rings. The molecule has 2 amide bonds. The molecule has 7 nitrogen and oxygen atoms in total. The molecule has 0 radical (unpaired) electrons. The zero-order chi connectivity index (χ0) is 21.0. The number of rotatable bonds is 8. The third-order valence-corrected chi connectivity index (χ3v) is 5.74. The summed E-state index contributed by atoms with van der Waals surface area (Å²) in [6, 6.07) is 8.44. The summed E-state index contributed by atoms with van der Waals surface area (Å²) >= 11 is 0. The van der Waals surface area contributed by atoms with Crippen LogP contribution in [-0.2, 0) is 14.8 Å². The van der Waals surface area contributed by atoms with E-state index in [4.69, 9.17) is 0 Å². The van der Waals surface area contributed by atoms with Gasteiger partial charge in [0.25, 0.3) is 5.91 Å². The molecule has 0 heterocycles. The Morgan fingerprint density at radius 3 is 2.31 bits per heavy atom. The molecule has 154 valence electrons. The monoisotopic (exact) mass is 423 g/mol. The number of nitrogens with one attached hydrogen (secondary N) is 3. The summed E-state index contributed by atoms with van der Waals surface area (Å²) in [6.07, 6.45) is 1.79. The minimum Gasteiger partial charge on any atom is -0.351 e. The van der Waals surface area contributed by atoms with Crippen molar-refractivity contribution >= 4 is 27.5 Å². The van der Waals surface area contributed by atoms with Crippen LogP contribution in [0.15, 0.2) is 47.4 Å². The molecule has 2 aromatic carbocycles. The number of carbonyl (C=O) groups excluding carboxylic acids is 2. The SMILES string of the molecule is O=C(NCCNS(=O)(=O)c1ccc(F)cc1F)c1ccc(NC(=O)C2CC2)cc1. The molecule has 10 heteroatoms. The van der Waals surface area contributed by atoms with E-state index in [0.717, 1.165) is 25.0 Å². The molecule has 0 spiro atoms. The van der Waals surface area contributed by atoms with Gasteiger partial charge in [-0.3, -0.25) is 9.59 Å². The summed E-state index contributed by atoms with van der Waals surface area (Å²) in [7, 11) is -4.17. The predicted octanol–water partition coefficient (Wildman–Crippen LogP) is 2.02. The minimum absolute atomic E-state index is 0.0351. The maximum absolute atomic E-state index is 13.6. The van der Waals surface area contributed by atoms with Gasteiger partial charge in [0, 0.05) is 36.3 Å². The Bertz CT molecular complexity index is 1020. The number of halogens is 2. The summed E-state index contributed by atoms with van der Waals surface area (Å²) in [6.45, 7) is -0.221. The molecule has 0 saturated heterocycles. The highest BCUT2D eigenvalue weighted by Crippen LogP contribution is 2.30. The van der Waals surface area contributed by atoms with Gasteiger partial charge in [-0.05, 0) is 49.2 Å². The van der Waals surface area contributed by atoms with E-state index >= 15 is 0 Å². The lowest BCUT2D eigenvalue weighted by Gasteiger charge is -2.09. The van der Waals surface area contributed by atoms with Crippen LogP contribution in [0.4, 0.5) is 14.5 Å². The van der Waals surface area contributed by atoms with E-state index in [1.165, 1.54) is 12.1 Å². The summed E-state index contributed by atoms with van der Waals surface area (Å²) in [4.78, 5) is 23.1. The van der Waals surface area contributed by atoms with Crippen molar-refractivity contribution in [3.05, 3.63) is 59.7 Å². The molecule has 0 unspecified atom stereocenters. The zero-order valence-corrected chi connectivity index (χ0v) is 16.1. The van der Waals surface area contributed by atoms with Crippen LogP contribution in [0.1, 0.15) is 23.2 Å². The van der Waals surface area contributed by atoms with Gasteiger partial charge in [0.1, 0.15) is 16.5 Å². The van der Waals surface area contributed by atoms with Crippen molar-refractivity contribution in [2.45, 2.75) is 17.7 Å². The van der Waals surface area contributed by atoms with Gasteiger partial charge in [0.15, 0.2) is 0 Å². The van der Waals surface area contributed by atoms with Gasteiger partial charge in [-0.2, -0.15) is 0 Å². The van der Waals surface area contributed by atoms with Gasteiger partial charge in [-0.25, -0.2) is 21.9 Å². The molecule has 0 bridgehead atoms. The number of benzene rings is 2. The second kappa shape index (κ2) is 8.66.